The number of anilines is 1. The summed E-state index contributed by atoms with van der Waals surface area (Å²) in [6.45, 7) is 2.23. The molecule has 19 heavy (non-hydrogen) atoms. The van der Waals surface area contributed by atoms with Crippen LogP contribution in [-0.4, -0.2) is 17.5 Å². The zero-order chi connectivity index (χ0) is 13.1. The lowest BCUT2D eigenvalue weighted by Crippen LogP contribution is -2.27. The second-order valence-electron chi connectivity index (χ2n) is 5.28. The summed E-state index contributed by atoms with van der Waals surface area (Å²) in [6.07, 6.45) is 3.82. The second kappa shape index (κ2) is 5.76. The number of rotatable bonds is 6. The Morgan fingerprint density at radius 2 is 2.11 bits per heavy atom. The second-order valence-corrected chi connectivity index (χ2v) is 6.31. The molecule has 1 aliphatic carbocycles. The molecule has 3 rings (SSSR count). The lowest BCUT2D eigenvalue weighted by atomic mass is 10.1. The van der Waals surface area contributed by atoms with E-state index >= 15 is 0 Å². The number of nitrogens with two attached hydrogens (primary N) is 1. The predicted octanol–water partition coefficient (Wildman–Crippen LogP) is 3.54. The predicted molar refractivity (Wildman–Crippen MR) is 82.3 cm³/mol. The van der Waals surface area contributed by atoms with Crippen LogP contribution in [0.25, 0.3) is 0 Å². The van der Waals surface area contributed by atoms with Crippen LogP contribution in [0.2, 0.25) is 0 Å². The summed E-state index contributed by atoms with van der Waals surface area (Å²) in [4.78, 5) is 4.09. The van der Waals surface area contributed by atoms with E-state index in [1.807, 2.05) is 23.5 Å². The van der Waals surface area contributed by atoms with Gasteiger partial charge in [-0.15, -0.1) is 11.3 Å². The van der Waals surface area contributed by atoms with Gasteiger partial charge < -0.3 is 5.73 Å². The minimum absolute atomic E-state index is 0.808. The molecular weight excluding hydrogens is 252 g/mol. The summed E-state index contributed by atoms with van der Waals surface area (Å²) < 4.78 is 0. The van der Waals surface area contributed by atoms with Crippen LogP contribution in [0.4, 0.5) is 5.69 Å². The van der Waals surface area contributed by atoms with Gasteiger partial charge in [0.15, 0.2) is 0 Å². The molecule has 1 heterocycles. The van der Waals surface area contributed by atoms with Crippen LogP contribution in [0.15, 0.2) is 41.8 Å². The molecule has 1 fully saturated rings. The first kappa shape index (κ1) is 12.7. The van der Waals surface area contributed by atoms with E-state index in [1.165, 1.54) is 23.3 Å². The summed E-state index contributed by atoms with van der Waals surface area (Å²) in [5, 5.41) is 2.16. The highest BCUT2D eigenvalue weighted by Crippen LogP contribution is 2.29. The van der Waals surface area contributed by atoms with Gasteiger partial charge in [0, 0.05) is 29.7 Å². The standard InChI is InChI=1S/C16H20N2S/c17-14-4-1-3-13(11-14)8-9-18(15-6-7-15)12-16-5-2-10-19-16/h1-5,10-11,15H,6-9,12,17H2. The maximum Gasteiger partial charge on any atom is 0.0330 e. The number of nitrogen functional groups attached to an aromatic ring is 1. The third-order valence-electron chi connectivity index (χ3n) is 3.64. The molecule has 0 aliphatic heterocycles. The maximum absolute atomic E-state index is 5.83. The molecular formula is C16H20N2S. The van der Waals surface area contributed by atoms with Gasteiger partial charge in [-0.1, -0.05) is 18.2 Å². The molecule has 0 radical (unpaired) electrons. The average molecular weight is 272 g/mol. The van der Waals surface area contributed by atoms with Gasteiger partial charge in [-0.3, -0.25) is 4.90 Å². The summed E-state index contributed by atoms with van der Waals surface area (Å²) in [7, 11) is 0. The van der Waals surface area contributed by atoms with Crippen LogP contribution in [0.3, 0.4) is 0 Å². The third-order valence-corrected chi connectivity index (χ3v) is 4.50. The van der Waals surface area contributed by atoms with E-state index in [2.05, 4.69) is 34.5 Å². The van der Waals surface area contributed by atoms with E-state index in [4.69, 9.17) is 5.73 Å². The summed E-state index contributed by atoms with van der Waals surface area (Å²) >= 11 is 1.86. The van der Waals surface area contributed by atoms with Crippen molar-refractivity contribution in [3.8, 4) is 0 Å². The zero-order valence-electron chi connectivity index (χ0n) is 11.1. The lowest BCUT2D eigenvalue weighted by Gasteiger charge is -2.21. The molecule has 1 saturated carbocycles. The normalized spacial score (nSPS) is 15.0. The van der Waals surface area contributed by atoms with Crippen LogP contribution in [0, 0.1) is 0 Å². The van der Waals surface area contributed by atoms with Gasteiger partial charge >= 0.3 is 0 Å². The number of benzene rings is 1. The van der Waals surface area contributed by atoms with Crippen molar-refractivity contribution in [1.82, 2.24) is 4.90 Å². The van der Waals surface area contributed by atoms with Crippen molar-refractivity contribution in [3.05, 3.63) is 52.2 Å². The molecule has 1 aromatic heterocycles. The first-order chi connectivity index (χ1) is 9.31. The van der Waals surface area contributed by atoms with Crippen molar-refractivity contribution in [1.29, 1.82) is 0 Å². The maximum atomic E-state index is 5.83. The van der Waals surface area contributed by atoms with Gasteiger partial charge in [0.25, 0.3) is 0 Å². The highest BCUT2D eigenvalue weighted by Gasteiger charge is 2.28. The fourth-order valence-electron chi connectivity index (χ4n) is 2.45. The first-order valence-electron chi connectivity index (χ1n) is 6.92. The molecule has 3 heteroatoms. The molecule has 0 atom stereocenters. The third kappa shape index (κ3) is 3.58. The number of hydrogen-bond acceptors (Lipinski definition) is 3. The van der Waals surface area contributed by atoms with Crippen molar-refractivity contribution >= 4 is 17.0 Å². The van der Waals surface area contributed by atoms with Crippen LogP contribution in [0.5, 0.6) is 0 Å². The Morgan fingerprint density at radius 3 is 2.79 bits per heavy atom. The Kier molecular flexibility index (Phi) is 3.85. The summed E-state index contributed by atoms with van der Waals surface area (Å²) in [6, 6.07) is 13.5. The highest BCUT2D eigenvalue weighted by atomic mass is 32.1. The molecule has 1 aliphatic rings. The van der Waals surface area contributed by atoms with Crippen molar-refractivity contribution in [2.24, 2.45) is 0 Å². The van der Waals surface area contributed by atoms with Gasteiger partial charge in [0.05, 0.1) is 0 Å². The summed E-state index contributed by atoms with van der Waals surface area (Å²) in [5.41, 5.74) is 8.05. The first-order valence-corrected chi connectivity index (χ1v) is 7.80. The Hall–Kier alpha value is -1.32. The fourth-order valence-corrected chi connectivity index (χ4v) is 3.18. The monoisotopic (exact) mass is 272 g/mol. The van der Waals surface area contributed by atoms with Gasteiger partial charge in [-0.2, -0.15) is 0 Å². The van der Waals surface area contributed by atoms with E-state index < -0.39 is 0 Å². The quantitative estimate of drug-likeness (QED) is 0.815. The van der Waals surface area contributed by atoms with Gasteiger partial charge in [0.2, 0.25) is 0 Å². The minimum Gasteiger partial charge on any atom is -0.399 e. The van der Waals surface area contributed by atoms with Gasteiger partial charge in [0.1, 0.15) is 0 Å². The van der Waals surface area contributed by atoms with Crippen molar-refractivity contribution in [2.45, 2.75) is 31.8 Å². The summed E-state index contributed by atoms with van der Waals surface area (Å²) in [5.74, 6) is 0. The number of nitrogens with zero attached hydrogens (tertiary/aromatic N) is 1. The molecule has 0 amide bonds. The van der Waals surface area contributed by atoms with Crippen molar-refractivity contribution in [2.75, 3.05) is 12.3 Å². The van der Waals surface area contributed by atoms with Gasteiger partial charge in [-0.05, 0) is 48.4 Å². The molecule has 0 spiro atoms. The topological polar surface area (TPSA) is 29.3 Å². The fraction of sp³-hybridized carbons (Fsp3) is 0.375. The largest absolute Gasteiger partial charge is 0.399 e. The van der Waals surface area contributed by atoms with Crippen LogP contribution in [-0.2, 0) is 13.0 Å². The number of hydrogen-bond donors (Lipinski definition) is 1. The van der Waals surface area contributed by atoms with E-state index in [-0.39, 0.29) is 0 Å². The smallest absolute Gasteiger partial charge is 0.0330 e. The Balaban J connectivity index is 1.59. The zero-order valence-corrected chi connectivity index (χ0v) is 11.9. The number of thiophene rings is 1. The molecule has 2 nitrogen and oxygen atoms in total. The molecule has 2 N–H and O–H groups in total. The molecule has 0 bridgehead atoms. The van der Waals surface area contributed by atoms with E-state index in [9.17, 15) is 0 Å². The van der Waals surface area contributed by atoms with E-state index in [0.717, 1.165) is 31.2 Å². The van der Waals surface area contributed by atoms with Crippen molar-refractivity contribution < 1.29 is 0 Å². The highest BCUT2D eigenvalue weighted by molar-refractivity contribution is 7.09. The van der Waals surface area contributed by atoms with E-state index in [1.54, 1.807) is 0 Å². The van der Waals surface area contributed by atoms with Crippen molar-refractivity contribution in [3.63, 3.8) is 0 Å². The van der Waals surface area contributed by atoms with Crippen LogP contribution in [0.1, 0.15) is 23.3 Å². The minimum atomic E-state index is 0.808. The van der Waals surface area contributed by atoms with Gasteiger partial charge in [-0.25, -0.2) is 0 Å². The van der Waals surface area contributed by atoms with E-state index in [0.29, 0.717) is 0 Å². The molecule has 0 saturated heterocycles. The van der Waals surface area contributed by atoms with Crippen LogP contribution >= 0.6 is 11.3 Å². The molecule has 100 valence electrons. The van der Waals surface area contributed by atoms with Crippen LogP contribution < -0.4 is 5.73 Å². The Morgan fingerprint density at radius 1 is 1.21 bits per heavy atom. The molecule has 0 unspecified atom stereocenters. The average Bonchev–Trinajstić information content (AvgIpc) is 3.12. The molecule has 1 aromatic carbocycles. The Bertz CT molecular complexity index is 517. The SMILES string of the molecule is Nc1cccc(CCN(Cc2cccs2)C2CC2)c1. The Labute approximate surface area is 118 Å². The molecule has 2 aromatic rings. The lowest BCUT2D eigenvalue weighted by molar-refractivity contribution is 0.260.